The Labute approximate surface area is 181 Å². The van der Waals surface area contributed by atoms with Gasteiger partial charge in [-0.1, -0.05) is 24.0 Å². The SMILES string of the molecule is COc1cc(C)c(/C=C/C(C)=C/C#C/C(=C\C#N)C(F)(F)C(F)(F)C(F)(F)F)c(C)c1C. The highest BCUT2D eigenvalue weighted by Gasteiger charge is 2.74. The van der Waals surface area contributed by atoms with Crippen molar-refractivity contribution in [2.75, 3.05) is 7.11 Å². The maximum absolute atomic E-state index is 13.8. The highest BCUT2D eigenvalue weighted by molar-refractivity contribution is 5.64. The summed E-state index contributed by atoms with van der Waals surface area (Å²) in [7, 11) is 1.55. The molecule has 0 N–H and O–H groups in total. The van der Waals surface area contributed by atoms with E-state index >= 15 is 0 Å². The third-order valence-corrected chi connectivity index (χ3v) is 4.65. The first-order valence-electron chi connectivity index (χ1n) is 9.05. The molecule has 0 unspecified atom stereocenters. The molecule has 1 aromatic rings. The predicted molar refractivity (Wildman–Crippen MR) is 107 cm³/mol. The molecular formula is C23H20F7NO. The van der Waals surface area contributed by atoms with Crippen molar-refractivity contribution in [3.05, 3.63) is 57.7 Å². The Morgan fingerprint density at radius 3 is 2.09 bits per heavy atom. The van der Waals surface area contributed by atoms with Crippen LogP contribution in [-0.2, 0) is 0 Å². The molecular weight excluding hydrogens is 439 g/mol. The number of nitrogens with zero attached hydrogens (tertiary/aromatic N) is 1. The Kier molecular flexibility index (Phi) is 8.34. The first-order chi connectivity index (χ1) is 14.6. The van der Waals surface area contributed by atoms with Gasteiger partial charge in [-0.2, -0.15) is 36.0 Å². The van der Waals surface area contributed by atoms with Gasteiger partial charge in [0, 0.05) is 6.08 Å². The van der Waals surface area contributed by atoms with Crippen LogP contribution in [0.4, 0.5) is 30.7 Å². The van der Waals surface area contributed by atoms with Crippen molar-refractivity contribution in [1.29, 1.82) is 5.26 Å². The standard InChI is InChI=1S/C23H20F7NO/c1-14(9-10-19-15(2)13-20(32-5)17(4)16(19)3)7-6-8-18(11-12-31)21(24,25)22(26,27)23(28,29)30/h7,9-11,13H,1-5H3/b10-9+,14-7+,18-11+. The molecule has 0 saturated carbocycles. The number of rotatable bonds is 5. The van der Waals surface area contributed by atoms with E-state index in [4.69, 9.17) is 10.00 Å². The van der Waals surface area contributed by atoms with E-state index in [-0.39, 0.29) is 6.08 Å². The minimum atomic E-state index is -6.52. The van der Waals surface area contributed by atoms with Crippen LogP contribution in [0, 0.1) is 43.9 Å². The van der Waals surface area contributed by atoms with Crippen molar-refractivity contribution >= 4 is 6.08 Å². The monoisotopic (exact) mass is 459 g/mol. The summed E-state index contributed by atoms with van der Waals surface area (Å²) in [6.07, 6.45) is -2.29. The van der Waals surface area contributed by atoms with Gasteiger partial charge in [-0.3, -0.25) is 0 Å². The second kappa shape index (κ2) is 9.95. The summed E-state index contributed by atoms with van der Waals surface area (Å²) in [5, 5.41) is 8.51. The molecule has 0 aliphatic rings. The van der Waals surface area contributed by atoms with E-state index < -0.39 is 23.6 Å². The summed E-state index contributed by atoms with van der Waals surface area (Å²) in [5.74, 6) is -7.83. The van der Waals surface area contributed by atoms with Crippen molar-refractivity contribution in [3.8, 4) is 23.7 Å². The van der Waals surface area contributed by atoms with Crippen molar-refractivity contribution in [2.45, 2.75) is 45.7 Å². The number of alkyl halides is 7. The van der Waals surface area contributed by atoms with Crippen LogP contribution in [0.25, 0.3) is 6.08 Å². The maximum Gasteiger partial charge on any atom is 0.460 e. The van der Waals surface area contributed by atoms with Crippen LogP contribution in [0.1, 0.15) is 29.2 Å². The molecule has 9 heteroatoms. The molecule has 0 bridgehead atoms. The van der Waals surface area contributed by atoms with Crippen LogP contribution in [0.15, 0.2) is 35.4 Å². The molecule has 0 aliphatic carbocycles. The van der Waals surface area contributed by atoms with Crippen LogP contribution in [-0.4, -0.2) is 25.1 Å². The summed E-state index contributed by atoms with van der Waals surface area (Å²) in [6.45, 7) is 7.14. The number of aryl methyl sites for hydroxylation is 1. The molecule has 0 fully saturated rings. The van der Waals surface area contributed by atoms with Crippen LogP contribution in [0.5, 0.6) is 5.75 Å². The first kappa shape index (κ1) is 26.8. The zero-order valence-corrected chi connectivity index (χ0v) is 17.9. The second-order valence-electron chi connectivity index (χ2n) is 6.88. The summed E-state index contributed by atoms with van der Waals surface area (Å²) >= 11 is 0. The Bertz CT molecular complexity index is 1060. The van der Waals surface area contributed by atoms with E-state index in [9.17, 15) is 30.7 Å². The lowest BCUT2D eigenvalue weighted by Crippen LogP contribution is -2.52. The summed E-state index contributed by atoms with van der Waals surface area (Å²) < 4.78 is 96.4. The van der Waals surface area contributed by atoms with Gasteiger partial charge in [0.2, 0.25) is 0 Å². The Balaban J connectivity index is 3.27. The molecule has 32 heavy (non-hydrogen) atoms. The van der Waals surface area contributed by atoms with Gasteiger partial charge in [0.1, 0.15) is 5.75 Å². The second-order valence-corrected chi connectivity index (χ2v) is 6.88. The molecule has 0 spiro atoms. The number of hydrogen-bond donors (Lipinski definition) is 0. The summed E-state index contributed by atoms with van der Waals surface area (Å²) in [4.78, 5) is 0. The molecule has 0 amide bonds. The normalized spacial score (nSPS) is 13.6. The van der Waals surface area contributed by atoms with Crippen LogP contribution >= 0.6 is 0 Å². The quantitative estimate of drug-likeness (QED) is 0.208. The number of nitriles is 1. The highest BCUT2D eigenvalue weighted by atomic mass is 19.4. The topological polar surface area (TPSA) is 33.0 Å². The fourth-order valence-corrected chi connectivity index (χ4v) is 2.64. The van der Waals surface area contributed by atoms with Crippen LogP contribution < -0.4 is 4.74 Å². The highest BCUT2D eigenvalue weighted by Crippen LogP contribution is 2.49. The maximum atomic E-state index is 13.8. The van der Waals surface area contributed by atoms with Gasteiger partial charge >= 0.3 is 18.0 Å². The fourth-order valence-electron chi connectivity index (χ4n) is 2.64. The van der Waals surface area contributed by atoms with Crippen molar-refractivity contribution in [1.82, 2.24) is 0 Å². The van der Waals surface area contributed by atoms with Gasteiger partial charge < -0.3 is 4.74 Å². The number of methoxy groups -OCH3 is 1. The lowest BCUT2D eigenvalue weighted by molar-refractivity contribution is -0.343. The largest absolute Gasteiger partial charge is 0.496 e. The fraction of sp³-hybridized carbons (Fsp3) is 0.348. The number of ether oxygens (including phenoxy) is 1. The van der Waals surface area contributed by atoms with E-state index in [1.165, 1.54) is 6.92 Å². The average Bonchev–Trinajstić information content (AvgIpc) is 2.68. The number of halogens is 7. The number of hydrogen-bond acceptors (Lipinski definition) is 2. The summed E-state index contributed by atoms with van der Waals surface area (Å²) in [5.41, 5.74) is 2.09. The van der Waals surface area contributed by atoms with Gasteiger partial charge in [-0.15, -0.1) is 0 Å². The molecule has 172 valence electrons. The third kappa shape index (κ3) is 5.53. The van der Waals surface area contributed by atoms with Gasteiger partial charge in [-0.05, 0) is 67.7 Å². The van der Waals surface area contributed by atoms with Gasteiger partial charge in [0.05, 0.1) is 18.8 Å². The molecule has 0 radical (unpaired) electrons. The van der Waals surface area contributed by atoms with E-state index in [0.29, 0.717) is 11.3 Å². The van der Waals surface area contributed by atoms with E-state index in [1.807, 2.05) is 32.8 Å². The van der Waals surface area contributed by atoms with Crippen LogP contribution in [0.3, 0.4) is 0 Å². The smallest absolute Gasteiger partial charge is 0.460 e. The van der Waals surface area contributed by atoms with E-state index in [1.54, 1.807) is 25.2 Å². The molecule has 1 rings (SSSR count). The zero-order valence-electron chi connectivity index (χ0n) is 17.9. The van der Waals surface area contributed by atoms with Crippen LogP contribution in [0.2, 0.25) is 0 Å². The molecule has 2 nitrogen and oxygen atoms in total. The summed E-state index contributed by atoms with van der Waals surface area (Å²) in [6, 6.07) is 2.86. The number of benzene rings is 1. The zero-order chi connectivity index (χ0) is 24.9. The Morgan fingerprint density at radius 2 is 1.59 bits per heavy atom. The Morgan fingerprint density at radius 1 is 1.00 bits per heavy atom. The Hall–Kier alpha value is -3.20. The van der Waals surface area contributed by atoms with Gasteiger partial charge in [0.15, 0.2) is 0 Å². The lowest BCUT2D eigenvalue weighted by Gasteiger charge is -2.27. The molecule has 0 heterocycles. The van der Waals surface area contributed by atoms with Crippen molar-refractivity contribution in [3.63, 3.8) is 0 Å². The average molecular weight is 459 g/mol. The lowest BCUT2D eigenvalue weighted by atomic mass is 9.96. The molecule has 1 aromatic carbocycles. The minimum Gasteiger partial charge on any atom is -0.496 e. The minimum absolute atomic E-state index is 0.126. The predicted octanol–water partition coefficient (Wildman–Crippen LogP) is 6.87. The molecule has 0 saturated heterocycles. The first-order valence-corrected chi connectivity index (χ1v) is 9.05. The van der Waals surface area contributed by atoms with E-state index in [0.717, 1.165) is 34.4 Å². The van der Waals surface area contributed by atoms with E-state index in [2.05, 4.69) is 0 Å². The molecule has 0 aliphatic heterocycles. The molecule has 0 aromatic heterocycles. The van der Waals surface area contributed by atoms with Gasteiger partial charge in [-0.25, -0.2) is 0 Å². The molecule has 0 atom stereocenters. The van der Waals surface area contributed by atoms with Gasteiger partial charge in [0.25, 0.3) is 0 Å². The third-order valence-electron chi connectivity index (χ3n) is 4.65. The van der Waals surface area contributed by atoms with Crippen molar-refractivity contribution < 1.29 is 35.5 Å². The number of allylic oxidation sites excluding steroid dienone is 5. The van der Waals surface area contributed by atoms with Crippen molar-refractivity contribution in [2.24, 2.45) is 0 Å².